The van der Waals surface area contributed by atoms with Gasteiger partial charge < -0.3 is 33.8 Å². The lowest BCUT2D eigenvalue weighted by atomic mass is 9.99. The summed E-state index contributed by atoms with van der Waals surface area (Å²) in [5.74, 6) is -0.475. The van der Waals surface area contributed by atoms with Gasteiger partial charge in [0, 0.05) is 25.7 Å². The Labute approximate surface area is 568 Å². The molecule has 0 heterocycles. The summed E-state index contributed by atoms with van der Waals surface area (Å²) in [5, 5.41) is 10.6. The molecule has 0 aromatic carbocycles. The molecule has 0 saturated heterocycles. The number of rotatable bonds is 73. The topological polar surface area (TPSA) is 237 Å². The fourth-order valence-electron chi connectivity index (χ4n) is 11.2. The molecule has 0 bridgehead atoms. The van der Waals surface area contributed by atoms with E-state index in [1.807, 2.05) is 0 Å². The first-order valence-electron chi connectivity index (χ1n) is 38.6. The van der Waals surface area contributed by atoms with Crippen LogP contribution in [0.15, 0.2) is 0 Å². The average Bonchev–Trinajstić information content (AvgIpc) is 2.74. The predicted octanol–water partition coefficient (Wildman–Crippen LogP) is 21.6. The Hall–Kier alpha value is -1.94. The quantitative estimate of drug-likeness (QED) is 0.0222. The molecule has 0 rings (SSSR count). The number of carbonyl (C=O) groups is 4. The molecule has 0 aromatic heterocycles. The number of ether oxygens (including phenoxy) is 4. The van der Waals surface area contributed by atoms with Crippen LogP contribution in [0.1, 0.15) is 382 Å². The molecule has 4 unspecified atom stereocenters. The summed E-state index contributed by atoms with van der Waals surface area (Å²) in [7, 11) is -9.90. The largest absolute Gasteiger partial charge is 0.472 e. The van der Waals surface area contributed by atoms with E-state index < -0.39 is 97.5 Å². The lowest BCUT2D eigenvalue weighted by Gasteiger charge is -2.21. The van der Waals surface area contributed by atoms with Gasteiger partial charge in [-0.3, -0.25) is 37.3 Å². The molecule has 17 nitrogen and oxygen atoms in total. The highest BCUT2D eigenvalue weighted by atomic mass is 31.2. The number of phosphoric acid groups is 2. The minimum absolute atomic E-state index is 0.107. The fraction of sp³-hybridized carbons (Fsp3) is 0.946. The molecule has 7 atom stereocenters. The average molecular weight is 1370 g/mol. The van der Waals surface area contributed by atoms with Gasteiger partial charge in [-0.25, -0.2) is 9.13 Å². The number of phosphoric ester groups is 2. The van der Waals surface area contributed by atoms with E-state index >= 15 is 0 Å². The molecule has 552 valence electrons. The van der Waals surface area contributed by atoms with Gasteiger partial charge in [0.05, 0.1) is 26.4 Å². The molecule has 0 amide bonds. The molecule has 3 N–H and O–H groups in total. The highest BCUT2D eigenvalue weighted by molar-refractivity contribution is 7.47. The van der Waals surface area contributed by atoms with Gasteiger partial charge in [0.15, 0.2) is 12.2 Å². The molecule has 0 radical (unpaired) electrons. The highest BCUT2D eigenvalue weighted by Crippen LogP contribution is 2.45. The minimum Gasteiger partial charge on any atom is -0.462 e. The second kappa shape index (κ2) is 66.0. The van der Waals surface area contributed by atoms with Crippen LogP contribution in [-0.4, -0.2) is 96.7 Å². The second-order valence-electron chi connectivity index (χ2n) is 27.2. The van der Waals surface area contributed by atoms with Crippen molar-refractivity contribution in [3.63, 3.8) is 0 Å². The van der Waals surface area contributed by atoms with E-state index in [0.717, 1.165) is 115 Å². The van der Waals surface area contributed by atoms with Crippen LogP contribution in [0, 0.1) is 11.8 Å². The second-order valence-corrected chi connectivity index (χ2v) is 30.1. The van der Waals surface area contributed by atoms with Gasteiger partial charge in [-0.2, -0.15) is 0 Å². The summed E-state index contributed by atoms with van der Waals surface area (Å²) in [6, 6.07) is 0. The predicted molar refractivity (Wildman–Crippen MR) is 377 cm³/mol. The van der Waals surface area contributed by atoms with E-state index in [1.54, 1.807) is 0 Å². The Morgan fingerprint density at radius 2 is 0.516 bits per heavy atom. The maximum atomic E-state index is 13.1. The Morgan fingerprint density at radius 1 is 0.301 bits per heavy atom. The van der Waals surface area contributed by atoms with Crippen LogP contribution in [0.4, 0.5) is 0 Å². The lowest BCUT2D eigenvalue weighted by molar-refractivity contribution is -0.161. The van der Waals surface area contributed by atoms with Crippen molar-refractivity contribution in [3.8, 4) is 0 Å². The monoisotopic (exact) mass is 1370 g/mol. The Bertz CT molecular complexity index is 1810. The molecule has 19 heteroatoms. The molecule has 0 aliphatic carbocycles. The van der Waals surface area contributed by atoms with Crippen LogP contribution >= 0.6 is 15.6 Å². The van der Waals surface area contributed by atoms with Crippen LogP contribution in [0.2, 0.25) is 0 Å². The van der Waals surface area contributed by atoms with E-state index in [4.69, 9.17) is 37.0 Å². The van der Waals surface area contributed by atoms with Crippen LogP contribution in [0.3, 0.4) is 0 Å². The number of hydrogen-bond acceptors (Lipinski definition) is 15. The summed E-state index contributed by atoms with van der Waals surface area (Å²) in [5.41, 5.74) is 0. The maximum Gasteiger partial charge on any atom is 0.472 e. The first-order chi connectivity index (χ1) is 44.9. The third-order valence-corrected chi connectivity index (χ3v) is 19.8. The normalized spacial score (nSPS) is 14.6. The summed E-state index contributed by atoms with van der Waals surface area (Å²) in [6.07, 6.45) is 52.8. The Balaban J connectivity index is 5.14. The number of hydrogen-bond donors (Lipinski definition) is 3. The van der Waals surface area contributed by atoms with Gasteiger partial charge >= 0.3 is 39.5 Å². The SMILES string of the molecule is CCCCCCCCCCCCCCC(=O)O[C@H](COC(=O)CCCCCCCCC)COP(=O)(O)OC[C@H](O)COP(=O)(O)OC[C@@H](COC(=O)CCCCCCCCCCC(C)CC)OC(=O)CCCCCCCCCCCCCCCCCCCCC(C)CC. The van der Waals surface area contributed by atoms with E-state index in [9.17, 15) is 43.2 Å². The standard InChI is InChI=1S/C74H144O17P2/c1-7-11-13-15-17-18-19-29-32-40-46-52-58-73(78)90-69(62-84-71(76)56-50-44-36-16-14-12-8-2)64-88-92(80,81)86-60-68(75)61-87-93(82,83)89-65-70(63-85-72(77)57-51-45-39-35-34-38-43-49-55-67(6)10-4)91-74(79)59-53-47-41-33-30-27-25-23-21-20-22-24-26-28-31-37-42-48-54-66(5)9-3/h66-70,75H,7-65H2,1-6H3,(H,80,81)(H,82,83)/t66?,67?,68-,69+,70+/m0/s1. The van der Waals surface area contributed by atoms with Crippen LogP contribution < -0.4 is 0 Å². The van der Waals surface area contributed by atoms with Crippen molar-refractivity contribution in [2.45, 2.75) is 400 Å². The summed E-state index contributed by atoms with van der Waals surface area (Å²) < 4.78 is 68.3. The van der Waals surface area contributed by atoms with Gasteiger partial charge in [0.1, 0.15) is 19.3 Å². The lowest BCUT2D eigenvalue weighted by Crippen LogP contribution is -2.30. The molecule has 93 heavy (non-hydrogen) atoms. The zero-order valence-corrected chi connectivity index (χ0v) is 62.3. The third-order valence-electron chi connectivity index (χ3n) is 17.9. The Kier molecular flexibility index (Phi) is 64.6. The van der Waals surface area contributed by atoms with Gasteiger partial charge in [-0.15, -0.1) is 0 Å². The minimum atomic E-state index is -4.95. The summed E-state index contributed by atoms with van der Waals surface area (Å²) in [4.78, 5) is 72.5. The molecule has 0 aliphatic heterocycles. The number of aliphatic hydroxyl groups is 1. The Morgan fingerprint density at radius 3 is 0.763 bits per heavy atom. The molecule has 0 saturated carbocycles. The van der Waals surface area contributed by atoms with Gasteiger partial charge in [-0.05, 0) is 37.5 Å². The van der Waals surface area contributed by atoms with Crippen LogP contribution in [0.5, 0.6) is 0 Å². The smallest absolute Gasteiger partial charge is 0.462 e. The van der Waals surface area contributed by atoms with Crippen molar-refractivity contribution in [1.82, 2.24) is 0 Å². The maximum absolute atomic E-state index is 13.1. The molecular formula is C74H144O17P2. The third kappa shape index (κ3) is 65.8. The summed E-state index contributed by atoms with van der Waals surface area (Å²) >= 11 is 0. The molecule has 0 aliphatic rings. The van der Waals surface area contributed by atoms with E-state index in [0.29, 0.717) is 25.7 Å². The molecule has 0 fully saturated rings. The number of esters is 4. The van der Waals surface area contributed by atoms with Gasteiger partial charge in [-0.1, -0.05) is 330 Å². The van der Waals surface area contributed by atoms with Crippen LogP contribution in [-0.2, 0) is 65.4 Å². The highest BCUT2D eigenvalue weighted by Gasteiger charge is 2.30. The van der Waals surface area contributed by atoms with Crippen molar-refractivity contribution in [2.75, 3.05) is 39.6 Å². The van der Waals surface area contributed by atoms with Crippen molar-refractivity contribution in [3.05, 3.63) is 0 Å². The molecule has 0 aromatic rings. The number of unbranched alkanes of at least 4 members (excludes halogenated alkanes) is 41. The number of aliphatic hydroxyl groups excluding tert-OH is 1. The van der Waals surface area contributed by atoms with Crippen molar-refractivity contribution >= 4 is 39.5 Å². The van der Waals surface area contributed by atoms with Gasteiger partial charge in [0.2, 0.25) is 0 Å². The van der Waals surface area contributed by atoms with Crippen molar-refractivity contribution < 1.29 is 80.2 Å². The first kappa shape index (κ1) is 91.1. The number of carbonyl (C=O) groups excluding carboxylic acids is 4. The van der Waals surface area contributed by atoms with E-state index in [-0.39, 0.29) is 25.7 Å². The first-order valence-corrected chi connectivity index (χ1v) is 41.6. The van der Waals surface area contributed by atoms with Crippen molar-refractivity contribution in [2.24, 2.45) is 11.8 Å². The molecular weight excluding hydrogens is 1220 g/mol. The van der Waals surface area contributed by atoms with Gasteiger partial charge in [0.25, 0.3) is 0 Å². The summed E-state index contributed by atoms with van der Waals surface area (Å²) in [6.45, 7) is 9.60. The van der Waals surface area contributed by atoms with E-state index in [2.05, 4.69) is 41.5 Å². The van der Waals surface area contributed by atoms with Crippen LogP contribution in [0.25, 0.3) is 0 Å². The fourth-order valence-corrected chi connectivity index (χ4v) is 12.8. The van der Waals surface area contributed by atoms with E-state index in [1.165, 1.54) is 186 Å². The zero-order chi connectivity index (χ0) is 68.6. The van der Waals surface area contributed by atoms with Crippen molar-refractivity contribution in [1.29, 1.82) is 0 Å². The molecule has 0 spiro atoms. The zero-order valence-electron chi connectivity index (χ0n) is 60.6.